The maximum absolute atomic E-state index is 13.5. The second kappa shape index (κ2) is 36.1. The number of carbonyl (C=O) groups excluding carboxylic acids is 8. The highest BCUT2D eigenvalue weighted by molar-refractivity contribution is 6.05. The van der Waals surface area contributed by atoms with Crippen LogP contribution in [-0.4, -0.2) is 150 Å². The number of amides is 8. The first-order valence-corrected chi connectivity index (χ1v) is 29.3. The molecule has 0 radical (unpaired) electrons. The lowest BCUT2D eigenvalue weighted by molar-refractivity contribution is -0.137. The summed E-state index contributed by atoms with van der Waals surface area (Å²) in [6.07, 6.45) is 8.09. The molecule has 87 heavy (non-hydrogen) atoms. The number of methoxy groups -OCH3 is 2. The van der Waals surface area contributed by atoms with Crippen molar-refractivity contribution in [3.05, 3.63) is 100 Å². The molecule has 8 amide bonds. The van der Waals surface area contributed by atoms with Crippen molar-refractivity contribution < 1.29 is 47.8 Å². The molecular weight excluding hydrogens is 1120 g/mol. The number of nitrogens with one attached hydrogen (secondary N) is 3. The highest BCUT2D eigenvalue weighted by Gasteiger charge is 2.26. The lowest BCUT2D eigenvalue weighted by atomic mass is 10.1. The third-order valence-electron chi connectivity index (χ3n) is 13.5. The number of hydrogen-bond donors (Lipinski definition) is 6. The molecule has 9 N–H and O–H groups in total. The Hall–Kier alpha value is -9.04. The lowest BCUT2D eigenvalue weighted by Crippen LogP contribution is -2.48. The Bertz CT molecular complexity index is 3370. The van der Waals surface area contributed by atoms with Crippen molar-refractivity contribution in [3.63, 3.8) is 0 Å². The van der Waals surface area contributed by atoms with E-state index < -0.39 is 35.6 Å². The minimum atomic E-state index is -0.671. The van der Waals surface area contributed by atoms with Crippen molar-refractivity contribution in [1.29, 1.82) is 0 Å². The number of ether oxygens (including phenoxy) is 2. The van der Waals surface area contributed by atoms with Crippen molar-refractivity contribution in [1.82, 2.24) is 53.8 Å². The van der Waals surface area contributed by atoms with Gasteiger partial charge >= 0.3 is 0 Å². The second-order valence-corrected chi connectivity index (χ2v) is 19.9. The number of aromatic nitrogens is 8. The Morgan fingerprint density at radius 1 is 0.736 bits per heavy atom. The van der Waals surface area contributed by atoms with Crippen LogP contribution in [0.4, 0.5) is 11.9 Å². The number of allylic oxidation sites excluding steroid dienone is 3. The van der Waals surface area contributed by atoms with Crippen LogP contribution in [0.15, 0.2) is 66.3 Å². The molecule has 1 unspecified atom stereocenters. The zero-order valence-electron chi connectivity index (χ0n) is 53.0. The minimum Gasteiger partial charge on any atom is -0.494 e. The predicted molar refractivity (Wildman–Crippen MR) is 336 cm³/mol. The summed E-state index contributed by atoms with van der Waals surface area (Å²) < 4.78 is 17.4. The third-order valence-corrected chi connectivity index (χ3v) is 13.5. The number of nitrogens with zero attached hydrogens (tertiary/aromatic N) is 10. The summed E-state index contributed by atoms with van der Waals surface area (Å²) in [7, 11) is 4.76. The number of imide groups is 1. The van der Waals surface area contributed by atoms with Crippen LogP contribution in [0.3, 0.4) is 0 Å². The quantitative estimate of drug-likeness (QED) is 0.0126. The number of likely N-dealkylation sites (N-methyl/N-ethyl adjacent to an activating group) is 1. The Balaban J connectivity index is 0.000000487. The summed E-state index contributed by atoms with van der Waals surface area (Å²) in [5, 5.41) is 17.3. The molecule has 4 aromatic heterocycles. The molecule has 4 heterocycles. The van der Waals surface area contributed by atoms with Gasteiger partial charge in [-0.05, 0) is 115 Å². The van der Waals surface area contributed by atoms with E-state index in [9.17, 15) is 38.4 Å². The maximum atomic E-state index is 13.5. The summed E-state index contributed by atoms with van der Waals surface area (Å²) in [4.78, 5) is 111. The number of nitrogens with two attached hydrogens (primary N) is 3. The largest absolute Gasteiger partial charge is 0.494 e. The van der Waals surface area contributed by atoms with Gasteiger partial charge in [-0.2, -0.15) is 10.2 Å². The second-order valence-electron chi connectivity index (χ2n) is 19.9. The Morgan fingerprint density at radius 2 is 1.29 bits per heavy atom. The van der Waals surface area contributed by atoms with E-state index in [1.807, 2.05) is 81.4 Å². The third kappa shape index (κ3) is 20.3. The van der Waals surface area contributed by atoms with Gasteiger partial charge in [-0.15, -0.1) is 0 Å². The zero-order chi connectivity index (χ0) is 65.1. The fourth-order valence-corrected chi connectivity index (χ4v) is 8.71. The molecular formula is C61H90N16O10. The number of benzene rings is 2. The number of fused-ring (bicyclic) bond motifs is 2. The van der Waals surface area contributed by atoms with E-state index in [4.69, 9.17) is 26.7 Å². The van der Waals surface area contributed by atoms with Gasteiger partial charge in [0.2, 0.25) is 41.9 Å². The molecule has 0 fully saturated rings. The Morgan fingerprint density at radius 3 is 1.80 bits per heavy atom. The molecule has 26 heteroatoms. The van der Waals surface area contributed by atoms with Gasteiger partial charge in [0.05, 0.1) is 35.0 Å². The molecule has 0 aliphatic heterocycles. The molecule has 0 aliphatic carbocycles. The van der Waals surface area contributed by atoms with E-state index in [2.05, 4.69) is 36.1 Å². The van der Waals surface area contributed by atoms with Gasteiger partial charge in [0.1, 0.15) is 28.7 Å². The van der Waals surface area contributed by atoms with Crippen LogP contribution in [0.5, 0.6) is 5.75 Å². The number of primary amides is 2. The average Bonchev–Trinajstić information content (AvgIpc) is 1.82. The molecule has 0 aliphatic rings. The summed E-state index contributed by atoms with van der Waals surface area (Å²) in [6, 6.07) is 10.6. The molecule has 26 nitrogen and oxygen atoms in total. The van der Waals surface area contributed by atoms with Crippen LogP contribution in [0.1, 0.15) is 147 Å². The maximum Gasteiger partial charge on any atom is 0.276 e. The summed E-state index contributed by atoms with van der Waals surface area (Å²) in [5.41, 5.74) is 22.1. The monoisotopic (exact) mass is 1210 g/mol. The van der Waals surface area contributed by atoms with Crippen molar-refractivity contribution >= 4 is 81.7 Å². The summed E-state index contributed by atoms with van der Waals surface area (Å²) in [5.74, 6) is -2.14. The molecule has 2 aromatic carbocycles. The molecule has 6 rings (SSSR count). The van der Waals surface area contributed by atoms with E-state index in [1.165, 1.54) is 25.3 Å². The first kappa shape index (κ1) is 72.2. The van der Waals surface area contributed by atoms with Crippen LogP contribution in [-0.2, 0) is 50.1 Å². The minimum absolute atomic E-state index is 0.0522. The van der Waals surface area contributed by atoms with Crippen molar-refractivity contribution in [2.75, 3.05) is 58.1 Å². The smallest absolute Gasteiger partial charge is 0.276 e. The molecule has 1 atom stereocenters. The number of aryl methyl sites for hydroxylation is 4. The summed E-state index contributed by atoms with van der Waals surface area (Å²) in [6.45, 7) is 24.1. The van der Waals surface area contributed by atoms with Crippen LogP contribution < -0.4 is 37.9 Å². The van der Waals surface area contributed by atoms with Gasteiger partial charge < -0.3 is 46.0 Å². The number of carbonyl (C=O) groups is 8. The van der Waals surface area contributed by atoms with Gasteiger partial charge in [0, 0.05) is 83.7 Å². The molecule has 474 valence electrons. The Kier molecular flexibility index (Phi) is 29.9. The van der Waals surface area contributed by atoms with Crippen LogP contribution in [0.2, 0.25) is 0 Å². The van der Waals surface area contributed by atoms with Crippen molar-refractivity contribution in [2.45, 2.75) is 140 Å². The molecule has 0 saturated carbocycles. The number of hydrogen-bond acceptors (Lipinski definition) is 15. The van der Waals surface area contributed by atoms with Gasteiger partial charge in [0.25, 0.3) is 17.7 Å². The molecule has 0 bridgehead atoms. The summed E-state index contributed by atoms with van der Waals surface area (Å²) >= 11 is 0. The van der Waals surface area contributed by atoms with Crippen LogP contribution >= 0.6 is 0 Å². The van der Waals surface area contributed by atoms with E-state index in [0.717, 1.165) is 16.9 Å². The fourth-order valence-electron chi connectivity index (χ4n) is 8.71. The Labute approximate surface area is 509 Å². The van der Waals surface area contributed by atoms with Crippen LogP contribution in [0.25, 0.3) is 22.1 Å². The van der Waals surface area contributed by atoms with E-state index in [1.54, 1.807) is 74.8 Å². The van der Waals surface area contributed by atoms with Gasteiger partial charge in [-0.25, -0.2) is 9.97 Å². The number of rotatable bonds is 29. The van der Waals surface area contributed by atoms with E-state index in [-0.39, 0.29) is 66.8 Å². The lowest BCUT2D eigenvalue weighted by Gasteiger charge is -2.25. The molecule has 0 spiro atoms. The highest BCUT2D eigenvalue weighted by atomic mass is 16.5. The van der Waals surface area contributed by atoms with E-state index >= 15 is 0 Å². The number of imidazole rings is 2. The predicted octanol–water partition coefficient (Wildman–Crippen LogP) is 6.53. The van der Waals surface area contributed by atoms with Crippen molar-refractivity contribution in [3.8, 4) is 5.75 Å². The topological polar surface area (TPSA) is 347 Å². The normalized spacial score (nSPS) is 11.4. The number of unbranched alkanes of at least 4 members (excludes halogenated alkanes) is 1. The average molecular weight is 1210 g/mol. The SMILES string of the molecule is CC.CC.CCn1nc(C)cc1C(=O)Nc1nc2cc(C(N)=O)ccc2n1C/C=C/Cn1c(NC(=O)c2cc(C)nn2CC)nc2cc(C(N)=O)cc(OC)c21.COCCCN(C)C(=O)C(CCCCN)NC(=O)CCN(C=O)C(=O)/C=C(\C)C(C)C. The van der Waals surface area contributed by atoms with Crippen molar-refractivity contribution in [2.24, 2.45) is 23.1 Å². The molecule has 0 saturated heterocycles. The first-order chi connectivity index (χ1) is 41.6. The van der Waals surface area contributed by atoms with Gasteiger partial charge in [-0.1, -0.05) is 59.3 Å². The van der Waals surface area contributed by atoms with E-state index in [0.29, 0.717) is 109 Å². The fraction of sp³-hybridized carbons (Fsp3) is 0.475. The van der Waals surface area contributed by atoms with Crippen LogP contribution in [0, 0.1) is 19.8 Å². The first-order valence-electron chi connectivity index (χ1n) is 29.3. The standard InChI is InChI=1S/C35H38N12O5.C22H40N4O5.2C2H6/c1-6-46-26(14-19(3)42-46)32(50)40-34-38-23-16-21(30(36)48)10-11-25(23)44(34)12-8-9-13-45-29-24(17-22(31(37)49)18-28(29)52-5)39-35(45)41-33(51)27-15-20(4)43-47(27)7-2;1-17(2)18(3)15-21(29)26(16-27)13-10-20(28)24-19(9-6-7-11-23)22(30)25(4)12-8-14-31-5;2*1-2/h8-11,14-18H,6-7,12-13H2,1-5H3,(H2,36,48)(H2,37,49)(H,38,40,50)(H,39,41,51);15-17,19H,6-14,23H2,1-5H3,(H,24,28);2*1-2H3/b9-8+;18-15+;;. The highest BCUT2D eigenvalue weighted by Crippen LogP contribution is 2.31. The number of anilines is 2. The molecule has 6 aromatic rings. The van der Waals surface area contributed by atoms with Gasteiger partial charge in [-0.3, -0.25) is 63.3 Å². The van der Waals surface area contributed by atoms with Gasteiger partial charge in [0.15, 0.2) is 0 Å². The zero-order valence-corrected chi connectivity index (χ0v) is 53.0.